The van der Waals surface area contributed by atoms with Gasteiger partial charge in [-0.1, -0.05) is 206 Å². The number of hydrogen-bond acceptors (Lipinski definition) is 8. The summed E-state index contributed by atoms with van der Waals surface area (Å²) in [6, 6.07) is 0. The van der Waals surface area contributed by atoms with Gasteiger partial charge in [-0.05, 0) is 12.8 Å². The van der Waals surface area contributed by atoms with Gasteiger partial charge in [0.25, 0.3) is 7.82 Å². The number of nitrogens with zero attached hydrogens (tertiary/aromatic N) is 1. The number of esters is 2. The van der Waals surface area contributed by atoms with Crippen LogP contribution in [0.5, 0.6) is 0 Å². The van der Waals surface area contributed by atoms with Crippen molar-refractivity contribution in [2.75, 3.05) is 47.5 Å². The van der Waals surface area contributed by atoms with Gasteiger partial charge in [-0.2, -0.15) is 0 Å². The van der Waals surface area contributed by atoms with Crippen LogP contribution in [0.15, 0.2) is 0 Å². The number of likely N-dealkylation sites (N-methyl/N-ethyl adjacent to an activating group) is 1. The second kappa shape index (κ2) is 39.5. The van der Waals surface area contributed by atoms with Gasteiger partial charge in [0.2, 0.25) is 0 Å². The summed E-state index contributed by atoms with van der Waals surface area (Å²) in [5.74, 6) is -0.816. The van der Waals surface area contributed by atoms with Crippen molar-refractivity contribution < 1.29 is 42.1 Å². The van der Waals surface area contributed by atoms with Gasteiger partial charge in [-0.3, -0.25) is 14.2 Å². The van der Waals surface area contributed by atoms with Crippen LogP contribution in [0.25, 0.3) is 0 Å². The molecule has 0 aromatic heterocycles. The van der Waals surface area contributed by atoms with Gasteiger partial charge in [-0.15, -0.1) is 0 Å². The van der Waals surface area contributed by atoms with Crippen LogP contribution in [-0.2, 0) is 32.7 Å². The summed E-state index contributed by atoms with van der Waals surface area (Å²) in [6.07, 6.45) is 39.8. The Hall–Kier alpha value is -0.990. The lowest BCUT2D eigenvalue weighted by atomic mass is 10.0. The number of phosphoric ester groups is 1. The van der Waals surface area contributed by atoms with Crippen LogP contribution in [0, 0.1) is 0 Å². The summed E-state index contributed by atoms with van der Waals surface area (Å²) < 4.78 is 34.0. The number of carbonyl (C=O) groups excluding carboxylic acids is 2. The number of unbranched alkanes of at least 4 members (excludes halogenated alkanes) is 30. The van der Waals surface area contributed by atoms with Gasteiger partial charge in [0.05, 0.1) is 27.7 Å². The maximum absolute atomic E-state index is 12.7. The fourth-order valence-corrected chi connectivity index (χ4v) is 7.62. The molecule has 0 amide bonds. The van der Waals surface area contributed by atoms with Crippen LogP contribution in [0.3, 0.4) is 0 Å². The quantitative estimate of drug-likeness (QED) is 0.0259. The molecule has 0 aliphatic carbocycles. The van der Waals surface area contributed by atoms with E-state index in [4.69, 9.17) is 18.5 Å². The first-order valence-electron chi connectivity index (χ1n) is 23.7. The molecule has 0 saturated carbocycles. The number of rotatable bonds is 44. The smallest absolute Gasteiger partial charge is 0.306 e. The largest absolute Gasteiger partial charge is 0.756 e. The summed E-state index contributed by atoms with van der Waals surface area (Å²) in [4.78, 5) is 37.6. The number of carbonyl (C=O) groups is 2. The molecule has 0 radical (unpaired) electrons. The minimum Gasteiger partial charge on any atom is -0.756 e. The minimum absolute atomic E-state index is 0.0255. The highest BCUT2D eigenvalue weighted by Crippen LogP contribution is 2.38. The number of phosphoric acid groups is 1. The van der Waals surface area contributed by atoms with Crippen molar-refractivity contribution in [2.45, 2.75) is 238 Å². The fourth-order valence-electron chi connectivity index (χ4n) is 6.89. The van der Waals surface area contributed by atoms with Crippen molar-refractivity contribution >= 4 is 19.8 Å². The molecule has 0 fully saturated rings. The topological polar surface area (TPSA) is 111 Å². The first-order valence-corrected chi connectivity index (χ1v) is 25.2. The lowest BCUT2D eigenvalue weighted by molar-refractivity contribution is -0.870. The van der Waals surface area contributed by atoms with E-state index in [9.17, 15) is 19.0 Å². The summed E-state index contributed by atoms with van der Waals surface area (Å²) in [5, 5.41) is 0. The lowest BCUT2D eigenvalue weighted by Gasteiger charge is -2.28. The van der Waals surface area contributed by atoms with E-state index in [2.05, 4.69) is 13.8 Å². The molecule has 0 rings (SSSR count). The molecule has 0 aromatic rings. The maximum atomic E-state index is 12.7. The Kier molecular flexibility index (Phi) is 38.8. The van der Waals surface area contributed by atoms with Crippen molar-refractivity contribution in [3.8, 4) is 0 Å². The third-order valence-electron chi connectivity index (χ3n) is 10.6. The minimum atomic E-state index is -4.62. The van der Waals surface area contributed by atoms with E-state index in [1.54, 1.807) is 0 Å². The van der Waals surface area contributed by atoms with Gasteiger partial charge in [0, 0.05) is 12.8 Å². The summed E-state index contributed by atoms with van der Waals surface area (Å²) in [5.41, 5.74) is 0. The normalized spacial score (nSPS) is 13.5. The summed E-state index contributed by atoms with van der Waals surface area (Å²) >= 11 is 0. The van der Waals surface area contributed by atoms with Crippen LogP contribution in [0.1, 0.15) is 232 Å². The Morgan fingerprint density at radius 2 is 0.804 bits per heavy atom. The van der Waals surface area contributed by atoms with Crippen molar-refractivity contribution in [1.82, 2.24) is 0 Å². The Bertz CT molecular complexity index is 927. The van der Waals surface area contributed by atoms with E-state index < -0.39 is 26.5 Å². The second-order valence-electron chi connectivity index (χ2n) is 17.5. The number of hydrogen-bond donors (Lipinski definition) is 0. The predicted molar refractivity (Wildman–Crippen MR) is 232 cm³/mol. The number of ether oxygens (including phenoxy) is 2. The van der Waals surface area contributed by atoms with Gasteiger partial charge >= 0.3 is 11.9 Å². The van der Waals surface area contributed by atoms with E-state index in [0.29, 0.717) is 17.4 Å². The molecule has 9 nitrogen and oxygen atoms in total. The molecule has 0 heterocycles. The van der Waals surface area contributed by atoms with Crippen molar-refractivity contribution in [2.24, 2.45) is 0 Å². The van der Waals surface area contributed by atoms with Crippen LogP contribution in [0.4, 0.5) is 0 Å². The van der Waals surface area contributed by atoms with Gasteiger partial charge in [0.1, 0.15) is 19.8 Å². The highest BCUT2D eigenvalue weighted by atomic mass is 31.2. The van der Waals surface area contributed by atoms with E-state index in [0.717, 1.165) is 32.1 Å². The first-order chi connectivity index (χ1) is 27.0. The zero-order chi connectivity index (χ0) is 41.4. The first kappa shape index (κ1) is 55.0. The summed E-state index contributed by atoms with van der Waals surface area (Å²) in [6.45, 7) is 4.28. The van der Waals surface area contributed by atoms with Crippen LogP contribution < -0.4 is 4.89 Å². The zero-order valence-corrected chi connectivity index (χ0v) is 38.5. The van der Waals surface area contributed by atoms with Crippen LogP contribution >= 0.6 is 7.82 Å². The Balaban J connectivity index is 4.26. The molecule has 334 valence electrons. The Morgan fingerprint density at radius 1 is 0.482 bits per heavy atom. The molecule has 0 N–H and O–H groups in total. The van der Waals surface area contributed by atoms with Gasteiger partial charge in [-0.25, -0.2) is 0 Å². The van der Waals surface area contributed by atoms with Crippen molar-refractivity contribution in [3.05, 3.63) is 0 Å². The third-order valence-corrected chi connectivity index (χ3v) is 11.6. The van der Waals surface area contributed by atoms with E-state index >= 15 is 0 Å². The van der Waals surface area contributed by atoms with Gasteiger partial charge < -0.3 is 27.9 Å². The SMILES string of the molecule is CCCCCCCCCCCCCCCCCCC(=O)OCC(COP(=O)([O-])OCC[N+](C)(C)C)OC(=O)CCCCCCCCCCCCCCCCCC. The molecule has 0 spiro atoms. The average molecular weight is 818 g/mol. The van der Waals surface area contributed by atoms with Gasteiger partial charge in [0.15, 0.2) is 6.10 Å². The number of quaternary nitrogens is 1. The molecular formula is C46H92NO8P. The van der Waals surface area contributed by atoms with E-state index in [1.807, 2.05) is 21.1 Å². The molecule has 10 heteroatoms. The molecule has 2 atom stereocenters. The van der Waals surface area contributed by atoms with Crippen molar-refractivity contribution in [1.29, 1.82) is 0 Å². The Morgan fingerprint density at radius 3 is 1.14 bits per heavy atom. The maximum Gasteiger partial charge on any atom is 0.306 e. The van der Waals surface area contributed by atoms with Crippen molar-refractivity contribution in [3.63, 3.8) is 0 Å². The fraction of sp³-hybridized carbons (Fsp3) is 0.957. The standard InChI is InChI=1S/C46H92NO8P/c1-6-8-10-12-14-16-18-20-22-24-26-28-30-32-34-36-38-45(48)52-42-44(43-54-56(50,51)53-41-40-47(3,4)5)55-46(49)39-37-35-33-31-29-27-25-23-21-19-17-15-13-11-9-7-2/h44H,6-43H2,1-5H3. The third kappa shape index (κ3) is 42.6. The summed E-state index contributed by atoms with van der Waals surface area (Å²) in [7, 11) is 1.18. The Labute approximate surface area is 346 Å². The van der Waals surface area contributed by atoms with Crippen LogP contribution in [-0.4, -0.2) is 70.0 Å². The molecule has 0 aliphatic rings. The molecule has 0 aromatic carbocycles. The lowest BCUT2D eigenvalue weighted by Crippen LogP contribution is -2.37. The molecule has 0 aliphatic heterocycles. The van der Waals surface area contributed by atoms with E-state index in [1.165, 1.54) is 167 Å². The molecule has 56 heavy (non-hydrogen) atoms. The molecule has 0 bridgehead atoms. The molecule has 0 saturated heterocycles. The van der Waals surface area contributed by atoms with Crippen LogP contribution in [0.2, 0.25) is 0 Å². The predicted octanol–water partition coefficient (Wildman–Crippen LogP) is 13.0. The highest BCUT2D eigenvalue weighted by Gasteiger charge is 2.21. The molecule has 2 unspecified atom stereocenters. The van der Waals surface area contributed by atoms with E-state index in [-0.39, 0.29) is 32.0 Å². The highest BCUT2D eigenvalue weighted by molar-refractivity contribution is 7.45. The zero-order valence-electron chi connectivity index (χ0n) is 37.6. The average Bonchev–Trinajstić information content (AvgIpc) is 3.15. The second-order valence-corrected chi connectivity index (χ2v) is 18.9. The monoisotopic (exact) mass is 818 g/mol. The molecular weight excluding hydrogens is 725 g/mol.